The number of benzene rings is 2. The van der Waals surface area contributed by atoms with Crippen molar-refractivity contribution in [2.24, 2.45) is 5.92 Å². The molecule has 0 amide bonds. The lowest BCUT2D eigenvalue weighted by Crippen LogP contribution is -2.22. The largest absolute Gasteiger partial charge is 0.493 e. The second-order valence-corrected chi connectivity index (χ2v) is 7.89. The van der Waals surface area contributed by atoms with Crippen molar-refractivity contribution in [1.29, 1.82) is 0 Å². The molecular weight excluding hydrogens is 396 g/mol. The number of esters is 1. The molecule has 4 rings (SSSR count). The Labute approximate surface area is 181 Å². The monoisotopic (exact) mass is 422 g/mol. The summed E-state index contributed by atoms with van der Waals surface area (Å²) < 4.78 is 22.3. The molecule has 1 fully saturated rings. The van der Waals surface area contributed by atoms with Gasteiger partial charge in [0, 0.05) is 11.6 Å². The second kappa shape index (κ2) is 8.84. The summed E-state index contributed by atoms with van der Waals surface area (Å²) in [4.78, 5) is 25.5. The molecule has 2 aromatic carbocycles. The van der Waals surface area contributed by atoms with Crippen LogP contribution >= 0.6 is 0 Å². The number of hydrogen-bond acceptors (Lipinski definition) is 6. The second-order valence-electron chi connectivity index (χ2n) is 7.89. The van der Waals surface area contributed by atoms with Gasteiger partial charge in [0.2, 0.25) is 5.78 Å². The summed E-state index contributed by atoms with van der Waals surface area (Å²) >= 11 is 0. The average Bonchev–Trinajstić information content (AvgIpc) is 3.09. The zero-order chi connectivity index (χ0) is 22.0. The van der Waals surface area contributed by atoms with Gasteiger partial charge in [-0.2, -0.15) is 0 Å². The maximum Gasteiger partial charge on any atom is 0.314 e. The molecule has 0 unspecified atom stereocenters. The van der Waals surface area contributed by atoms with E-state index in [-0.39, 0.29) is 23.4 Å². The molecule has 0 radical (unpaired) electrons. The molecule has 6 heteroatoms. The number of methoxy groups -OCH3 is 2. The van der Waals surface area contributed by atoms with Gasteiger partial charge in [-0.05, 0) is 43.5 Å². The SMILES string of the molecule is COc1cccc(/C=C2\Oc3cc(OC(=O)C4CCCCC4)cc(C)c3C2=O)c1OC. The molecule has 0 aromatic heterocycles. The molecule has 0 atom stereocenters. The van der Waals surface area contributed by atoms with Crippen molar-refractivity contribution in [3.63, 3.8) is 0 Å². The first-order valence-corrected chi connectivity index (χ1v) is 10.5. The van der Waals surface area contributed by atoms with Crippen LogP contribution in [-0.2, 0) is 4.79 Å². The van der Waals surface area contributed by atoms with Crippen molar-refractivity contribution in [3.05, 3.63) is 52.8 Å². The van der Waals surface area contributed by atoms with Crippen molar-refractivity contribution >= 4 is 17.8 Å². The van der Waals surface area contributed by atoms with Crippen LogP contribution in [0, 0.1) is 12.8 Å². The summed E-state index contributed by atoms with van der Waals surface area (Å²) in [7, 11) is 3.10. The Bertz CT molecular complexity index is 1050. The maximum atomic E-state index is 13.0. The molecule has 6 nitrogen and oxygen atoms in total. The third kappa shape index (κ3) is 4.15. The van der Waals surface area contributed by atoms with E-state index in [1.165, 1.54) is 6.42 Å². The third-order valence-electron chi connectivity index (χ3n) is 5.82. The molecule has 1 aliphatic carbocycles. The number of aryl methyl sites for hydroxylation is 1. The highest BCUT2D eigenvalue weighted by Gasteiger charge is 2.31. The van der Waals surface area contributed by atoms with E-state index in [9.17, 15) is 9.59 Å². The summed E-state index contributed by atoms with van der Waals surface area (Å²) in [6.07, 6.45) is 6.66. The van der Waals surface area contributed by atoms with Gasteiger partial charge in [-0.25, -0.2) is 0 Å². The van der Waals surface area contributed by atoms with E-state index in [0.717, 1.165) is 25.7 Å². The number of fused-ring (bicyclic) bond motifs is 1. The van der Waals surface area contributed by atoms with Crippen LogP contribution in [0.2, 0.25) is 0 Å². The van der Waals surface area contributed by atoms with Crippen molar-refractivity contribution in [3.8, 4) is 23.0 Å². The van der Waals surface area contributed by atoms with E-state index >= 15 is 0 Å². The van der Waals surface area contributed by atoms with E-state index in [1.54, 1.807) is 38.5 Å². The van der Waals surface area contributed by atoms with E-state index in [4.69, 9.17) is 18.9 Å². The standard InChI is InChI=1S/C25H26O6/c1-15-12-18(30-25(27)16-8-5-4-6-9-16)14-20-22(15)23(26)21(31-20)13-17-10-7-11-19(28-2)24(17)29-3/h7,10-14,16H,4-6,8-9H2,1-3H3/b21-13-. The highest BCUT2D eigenvalue weighted by molar-refractivity contribution is 6.15. The van der Waals surface area contributed by atoms with Gasteiger partial charge in [0.15, 0.2) is 17.3 Å². The van der Waals surface area contributed by atoms with E-state index in [2.05, 4.69) is 0 Å². The Hall–Kier alpha value is -3.28. The zero-order valence-electron chi connectivity index (χ0n) is 18.0. The number of ether oxygens (including phenoxy) is 4. The molecule has 2 aromatic rings. The lowest BCUT2D eigenvalue weighted by atomic mass is 9.89. The van der Waals surface area contributed by atoms with Crippen LogP contribution in [0.25, 0.3) is 6.08 Å². The minimum absolute atomic E-state index is 0.0548. The molecule has 0 saturated heterocycles. The van der Waals surface area contributed by atoms with Crippen LogP contribution in [0.3, 0.4) is 0 Å². The summed E-state index contributed by atoms with van der Waals surface area (Å²) in [6.45, 7) is 1.81. The van der Waals surface area contributed by atoms with Crippen molar-refractivity contribution in [1.82, 2.24) is 0 Å². The molecule has 162 valence electrons. The number of hydrogen-bond donors (Lipinski definition) is 0. The van der Waals surface area contributed by atoms with Gasteiger partial charge in [0.25, 0.3) is 0 Å². The van der Waals surface area contributed by atoms with Gasteiger partial charge in [-0.15, -0.1) is 0 Å². The molecule has 0 N–H and O–H groups in total. The van der Waals surface area contributed by atoms with Crippen molar-refractivity contribution < 1.29 is 28.5 Å². The van der Waals surface area contributed by atoms with Gasteiger partial charge in [0.05, 0.1) is 25.7 Å². The lowest BCUT2D eigenvalue weighted by molar-refractivity contribution is -0.139. The maximum absolute atomic E-state index is 13.0. The van der Waals surface area contributed by atoms with Gasteiger partial charge in [0.1, 0.15) is 11.5 Å². The molecule has 0 spiro atoms. The highest BCUT2D eigenvalue weighted by atomic mass is 16.5. The predicted octanol–water partition coefficient (Wildman–Crippen LogP) is 5.11. The van der Waals surface area contributed by atoms with Crippen molar-refractivity contribution in [2.75, 3.05) is 14.2 Å². The number of carbonyl (C=O) groups is 2. The minimum Gasteiger partial charge on any atom is -0.493 e. The normalized spacial score (nSPS) is 17.3. The highest BCUT2D eigenvalue weighted by Crippen LogP contribution is 2.39. The number of ketones is 1. The fourth-order valence-corrected chi connectivity index (χ4v) is 4.24. The predicted molar refractivity (Wildman–Crippen MR) is 116 cm³/mol. The molecule has 1 heterocycles. The van der Waals surface area contributed by atoms with Crippen LogP contribution in [0.15, 0.2) is 36.1 Å². The smallest absolute Gasteiger partial charge is 0.314 e. The fourth-order valence-electron chi connectivity index (χ4n) is 4.24. The number of carbonyl (C=O) groups excluding carboxylic acids is 2. The van der Waals surface area contributed by atoms with E-state index < -0.39 is 0 Å². The Balaban J connectivity index is 1.60. The molecule has 2 aliphatic rings. The number of allylic oxidation sites excluding steroid dienone is 1. The quantitative estimate of drug-likeness (QED) is 0.379. The first-order valence-electron chi connectivity index (χ1n) is 10.5. The van der Waals surface area contributed by atoms with Crippen LogP contribution in [-0.4, -0.2) is 26.0 Å². The fraction of sp³-hybridized carbons (Fsp3) is 0.360. The summed E-state index contributed by atoms with van der Waals surface area (Å²) in [5.41, 5.74) is 1.85. The first kappa shape index (κ1) is 21.0. The third-order valence-corrected chi connectivity index (χ3v) is 5.82. The topological polar surface area (TPSA) is 71.1 Å². The zero-order valence-corrected chi connectivity index (χ0v) is 18.0. The molecule has 1 aliphatic heterocycles. The molecule has 1 saturated carbocycles. The Morgan fingerprint density at radius 3 is 2.58 bits per heavy atom. The minimum atomic E-state index is -0.220. The van der Waals surface area contributed by atoms with Crippen LogP contribution in [0.1, 0.15) is 53.6 Å². The van der Waals surface area contributed by atoms with E-state index in [1.807, 2.05) is 19.1 Å². The Kier molecular flexibility index (Phi) is 5.98. The summed E-state index contributed by atoms with van der Waals surface area (Å²) in [5.74, 6) is 1.57. The first-order chi connectivity index (χ1) is 15.0. The molecule has 0 bridgehead atoms. The lowest BCUT2D eigenvalue weighted by Gasteiger charge is -2.20. The summed E-state index contributed by atoms with van der Waals surface area (Å²) in [6, 6.07) is 8.75. The molecular formula is C25H26O6. The van der Waals surface area contributed by atoms with Crippen LogP contribution in [0.4, 0.5) is 0 Å². The van der Waals surface area contributed by atoms with Crippen molar-refractivity contribution in [2.45, 2.75) is 39.0 Å². The number of rotatable bonds is 5. The average molecular weight is 422 g/mol. The van der Waals surface area contributed by atoms with Gasteiger partial charge in [-0.1, -0.05) is 31.4 Å². The van der Waals surface area contributed by atoms with Crippen LogP contribution in [0.5, 0.6) is 23.0 Å². The van der Waals surface area contributed by atoms with Gasteiger partial charge in [-0.3, -0.25) is 9.59 Å². The number of Topliss-reactive ketones (excluding diaryl/α,β-unsaturated/α-hetero) is 1. The summed E-state index contributed by atoms with van der Waals surface area (Å²) in [5, 5.41) is 0. The molecule has 31 heavy (non-hydrogen) atoms. The van der Waals surface area contributed by atoms with Gasteiger partial charge < -0.3 is 18.9 Å². The van der Waals surface area contributed by atoms with Gasteiger partial charge >= 0.3 is 5.97 Å². The Morgan fingerprint density at radius 2 is 1.87 bits per heavy atom. The number of para-hydroxylation sites is 1. The Morgan fingerprint density at radius 1 is 1.10 bits per heavy atom. The van der Waals surface area contributed by atoms with E-state index in [0.29, 0.717) is 39.7 Å². The van der Waals surface area contributed by atoms with Crippen LogP contribution < -0.4 is 18.9 Å².